The van der Waals surface area contributed by atoms with Gasteiger partial charge in [0.05, 0.1) is 24.7 Å². The van der Waals surface area contributed by atoms with Gasteiger partial charge in [0.15, 0.2) is 5.82 Å². The number of anilines is 2. The van der Waals surface area contributed by atoms with E-state index in [1.807, 2.05) is 19.1 Å². The van der Waals surface area contributed by atoms with Crippen molar-refractivity contribution in [2.24, 2.45) is 0 Å². The number of methoxy groups -OCH3 is 1. The quantitative estimate of drug-likeness (QED) is 0.482. The van der Waals surface area contributed by atoms with Gasteiger partial charge in [0.25, 0.3) is 0 Å². The Labute approximate surface area is 190 Å². The molecule has 0 saturated heterocycles. The maximum atomic E-state index is 14.1. The SMILES string of the molecule is COc1cc(-n2c3c(c4ncnc(N)c42)CCC3)ccc1NC(=O)Cc1cc(C)ccc1F. The minimum absolute atomic E-state index is 0.0674. The molecule has 168 valence electrons. The second kappa shape index (κ2) is 8.20. The van der Waals surface area contributed by atoms with E-state index in [9.17, 15) is 9.18 Å². The van der Waals surface area contributed by atoms with Crippen molar-refractivity contribution in [3.8, 4) is 11.4 Å². The second-order valence-electron chi connectivity index (χ2n) is 8.27. The summed E-state index contributed by atoms with van der Waals surface area (Å²) in [5, 5.41) is 2.84. The number of hydrogen-bond acceptors (Lipinski definition) is 5. The number of aryl methyl sites for hydroxylation is 2. The van der Waals surface area contributed by atoms with Gasteiger partial charge < -0.3 is 20.4 Å². The molecular formula is C25H24FN5O2. The highest BCUT2D eigenvalue weighted by atomic mass is 19.1. The van der Waals surface area contributed by atoms with Crippen LogP contribution in [0.5, 0.6) is 5.75 Å². The molecule has 8 heteroatoms. The summed E-state index contributed by atoms with van der Waals surface area (Å²) in [6, 6.07) is 10.3. The van der Waals surface area contributed by atoms with E-state index in [1.165, 1.54) is 23.7 Å². The number of amides is 1. The molecule has 1 aliphatic carbocycles. The lowest BCUT2D eigenvalue weighted by Crippen LogP contribution is -2.16. The number of carbonyl (C=O) groups is 1. The van der Waals surface area contributed by atoms with Crippen LogP contribution in [0.25, 0.3) is 16.7 Å². The number of nitrogen functional groups attached to an aromatic ring is 1. The molecule has 4 aromatic rings. The Morgan fingerprint density at radius 2 is 2.06 bits per heavy atom. The van der Waals surface area contributed by atoms with Crippen LogP contribution in [0.1, 0.15) is 28.8 Å². The Morgan fingerprint density at radius 1 is 1.21 bits per heavy atom. The molecule has 0 bridgehead atoms. The zero-order chi connectivity index (χ0) is 23.1. The van der Waals surface area contributed by atoms with Crippen LogP contribution in [0.3, 0.4) is 0 Å². The van der Waals surface area contributed by atoms with Crippen LogP contribution in [0, 0.1) is 12.7 Å². The number of halogens is 1. The van der Waals surface area contributed by atoms with E-state index in [2.05, 4.69) is 19.9 Å². The monoisotopic (exact) mass is 445 g/mol. The molecule has 1 amide bonds. The lowest BCUT2D eigenvalue weighted by atomic mass is 10.1. The average molecular weight is 445 g/mol. The molecule has 0 radical (unpaired) electrons. The Bertz CT molecular complexity index is 1400. The summed E-state index contributed by atoms with van der Waals surface area (Å²) in [6.45, 7) is 1.86. The van der Waals surface area contributed by atoms with Crippen LogP contribution in [0.2, 0.25) is 0 Å². The fourth-order valence-electron chi connectivity index (χ4n) is 4.61. The van der Waals surface area contributed by atoms with E-state index in [1.54, 1.807) is 25.3 Å². The first kappa shape index (κ1) is 20.9. The van der Waals surface area contributed by atoms with Gasteiger partial charge in [-0.05, 0) is 55.5 Å². The van der Waals surface area contributed by atoms with Crippen molar-refractivity contribution in [3.63, 3.8) is 0 Å². The van der Waals surface area contributed by atoms with Crippen molar-refractivity contribution >= 4 is 28.4 Å². The van der Waals surface area contributed by atoms with Crippen molar-refractivity contribution in [2.45, 2.75) is 32.6 Å². The van der Waals surface area contributed by atoms with Gasteiger partial charge >= 0.3 is 0 Å². The van der Waals surface area contributed by atoms with E-state index in [-0.39, 0.29) is 12.3 Å². The second-order valence-corrected chi connectivity index (χ2v) is 8.27. The lowest BCUT2D eigenvalue weighted by molar-refractivity contribution is -0.115. The molecule has 3 N–H and O–H groups in total. The van der Waals surface area contributed by atoms with E-state index < -0.39 is 5.82 Å². The fraction of sp³-hybridized carbons (Fsp3) is 0.240. The van der Waals surface area contributed by atoms with Crippen LogP contribution in [0.15, 0.2) is 42.7 Å². The average Bonchev–Trinajstić information content (AvgIpc) is 3.38. The highest BCUT2D eigenvalue weighted by Gasteiger charge is 2.25. The molecular weight excluding hydrogens is 421 g/mol. The molecule has 2 aromatic carbocycles. The lowest BCUT2D eigenvalue weighted by Gasteiger charge is -2.15. The first-order valence-electron chi connectivity index (χ1n) is 10.8. The van der Waals surface area contributed by atoms with E-state index in [0.29, 0.717) is 22.8 Å². The van der Waals surface area contributed by atoms with Gasteiger partial charge in [-0.25, -0.2) is 14.4 Å². The number of carbonyl (C=O) groups excluding carboxylic acids is 1. The van der Waals surface area contributed by atoms with Gasteiger partial charge in [0.2, 0.25) is 5.91 Å². The number of nitrogens with two attached hydrogens (primary N) is 1. The molecule has 0 atom stereocenters. The van der Waals surface area contributed by atoms with Crippen molar-refractivity contribution in [1.29, 1.82) is 0 Å². The molecule has 0 spiro atoms. The third-order valence-corrected chi connectivity index (χ3v) is 6.09. The number of ether oxygens (including phenoxy) is 1. The molecule has 2 aromatic heterocycles. The van der Waals surface area contributed by atoms with E-state index in [0.717, 1.165) is 41.5 Å². The number of aromatic nitrogens is 3. The Hall–Kier alpha value is -3.94. The summed E-state index contributed by atoms with van der Waals surface area (Å²) in [5.74, 6) is 0.197. The highest BCUT2D eigenvalue weighted by Crippen LogP contribution is 2.38. The molecule has 7 nitrogen and oxygen atoms in total. The third kappa shape index (κ3) is 3.67. The molecule has 1 aliphatic rings. The summed E-state index contributed by atoms with van der Waals surface area (Å²) in [6.07, 6.45) is 4.37. The summed E-state index contributed by atoms with van der Waals surface area (Å²) in [7, 11) is 1.55. The number of nitrogens with zero attached hydrogens (tertiary/aromatic N) is 3. The van der Waals surface area contributed by atoms with Crippen molar-refractivity contribution in [1.82, 2.24) is 14.5 Å². The zero-order valence-corrected chi connectivity index (χ0v) is 18.5. The molecule has 0 saturated carbocycles. The van der Waals surface area contributed by atoms with Crippen LogP contribution >= 0.6 is 0 Å². The minimum Gasteiger partial charge on any atom is -0.494 e. The van der Waals surface area contributed by atoms with Crippen molar-refractivity contribution in [2.75, 3.05) is 18.2 Å². The van der Waals surface area contributed by atoms with Gasteiger partial charge in [0.1, 0.15) is 23.4 Å². The summed E-state index contributed by atoms with van der Waals surface area (Å²) in [4.78, 5) is 21.3. The fourth-order valence-corrected chi connectivity index (χ4v) is 4.61. The van der Waals surface area contributed by atoms with Gasteiger partial charge in [-0.1, -0.05) is 17.7 Å². The Kier molecular flexibility index (Phi) is 5.20. The first-order chi connectivity index (χ1) is 16.0. The molecule has 0 aliphatic heterocycles. The summed E-state index contributed by atoms with van der Waals surface area (Å²) in [5.41, 5.74) is 12.9. The van der Waals surface area contributed by atoms with Crippen LogP contribution in [-0.4, -0.2) is 27.6 Å². The highest BCUT2D eigenvalue weighted by molar-refractivity contribution is 5.95. The molecule has 33 heavy (non-hydrogen) atoms. The van der Waals surface area contributed by atoms with Crippen LogP contribution in [0.4, 0.5) is 15.9 Å². The Balaban J connectivity index is 1.49. The number of benzene rings is 2. The van der Waals surface area contributed by atoms with Crippen LogP contribution in [-0.2, 0) is 24.1 Å². The minimum atomic E-state index is -0.397. The van der Waals surface area contributed by atoms with E-state index in [4.69, 9.17) is 10.5 Å². The van der Waals surface area contributed by atoms with Gasteiger partial charge in [-0.15, -0.1) is 0 Å². The first-order valence-corrected chi connectivity index (χ1v) is 10.8. The predicted molar refractivity (Wildman–Crippen MR) is 125 cm³/mol. The van der Waals surface area contributed by atoms with Crippen molar-refractivity contribution < 1.29 is 13.9 Å². The number of hydrogen-bond donors (Lipinski definition) is 2. The molecule has 0 fully saturated rings. The maximum absolute atomic E-state index is 14.1. The number of nitrogens with one attached hydrogen (secondary N) is 1. The number of fused-ring (bicyclic) bond motifs is 3. The Morgan fingerprint density at radius 3 is 2.88 bits per heavy atom. The summed E-state index contributed by atoms with van der Waals surface area (Å²) >= 11 is 0. The number of rotatable bonds is 5. The largest absolute Gasteiger partial charge is 0.494 e. The maximum Gasteiger partial charge on any atom is 0.229 e. The predicted octanol–water partition coefficient (Wildman–Crippen LogP) is 4.13. The standard InChI is InChI=1S/C25H24FN5O2/c1-14-6-8-18(26)15(10-14)11-22(32)30-19-9-7-16(12-21(19)33-2)31-20-5-3-4-17(20)23-24(31)25(27)29-13-28-23/h6-10,12-13H,3-5,11H2,1-2H3,(H,30,32)(H2,27,28,29). The summed E-state index contributed by atoms with van der Waals surface area (Å²) < 4.78 is 21.7. The molecule has 2 heterocycles. The smallest absolute Gasteiger partial charge is 0.229 e. The molecule has 5 rings (SSSR count). The van der Waals surface area contributed by atoms with Crippen LogP contribution < -0.4 is 15.8 Å². The molecule has 0 unspecified atom stereocenters. The van der Waals surface area contributed by atoms with Gasteiger partial charge in [0, 0.05) is 17.4 Å². The van der Waals surface area contributed by atoms with Gasteiger partial charge in [-0.3, -0.25) is 4.79 Å². The van der Waals surface area contributed by atoms with Crippen molar-refractivity contribution in [3.05, 3.63) is 70.9 Å². The topological polar surface area (TPSA) is 95.1 Å². The van der Waals surface area contributed by atoms with E-state index >= 15 is 0 Å². The normalized spacial score (nSPS) is 12.7. The van der Waals surface area contributed by atoms with Gasteiger partial charge in [-0.2, -0.15) is 0 Å². The third-order valence-electron chi connectivity index (χ3n) is 6.09. The zero-order valence-electron chi connectivity index (χ0n) is 18.5.